The van der Waals surface area contributed by atoms with Gasteiger partial charge in [0.25, 0.3) is 5.91 Å². The Hall–Kier alpha value is -3.15. The van der Waals surface area contributed by atoms with Crippen molar-refractivity contribution in [3.8, 4) is 0 Å². The summed E-state index contributed by atoms with van der Waals surface area (Å²) >= 11 is 0. The van der Waals surface area contributed by atoms with Crippen LogP contribution in [0.3, 0.4) is 0 Å². The van der Waals surface area contributed by atoms with Gasteiger partial charge in [-0.1, -0.05) is 45.9 Å². The van der Waals surface area contributed by atoms with Gasteiger partial charge in [0.05, 0.1) is 5.56 Å². The molecule has 0 aliphatic heterocycles. The standard InChI is InChI=1S/C23H28N2O4/c1-14(2)17-9-10-20(21(11-17)15(3)4)23(28)29-13-22(27)25-19-8-6-7-18(12-19)24-16(5)26/h6-12,14-15H,13H2,1-5H3,(H,24,26)(H,25,27). The summed E-state index contributed by atoms with van der Waals surface area (Å²) in [5.41, 5.74) is 3.61. The highest BCUT2D eigenvalue weighted by Crippen LogP contribution is 2.25. The van der Waals surface area contributed by atoms with Gasteiger partial charge in [-0.15, -0.1) is 0 Å². The predicted octanol–water partition coefficient (Wildman–Crippen LogP) is 4.69. The molecule has 2 amide bonds. The zero-order chi connectivity index (χ0) is 21.6. The lowest BCUT2D eigenvalue weighted by Crippen LogP contribution is -2.21. The minimum absolute atomic E-state index is 0.154. The van der Waals surface area contributed by atoms with Crippen molar-refractivity contribution in [2.24, 2.45) is 0 Å². The molecule has 29 heavy (non-hydrogen) atoms. The van der Waals surface area contributed by atoms with Crippen molar-refractivity contribution in [1.29, 1.82) is 0 Å². The number of rotatable bonds is 7. The molecule has 154 valence electrons. The minimum atomic E-state index is -0.522. The van der Waals surface area contributed by atoms with Crippen LogP contribution in [0.2, 0.25) is 0 Å². The van der Waals surface area contributed by atoms with E-state index in [4.69, 9.17) is 4.74 Å². The Balaban J connectivity index is 2.02. The summed E-state index contributed by atoms with van der Waals surface area (Å²) in [6.45, 7) is 9.25. The van der Waals surface area contributed by atoms with E-state index in [0.717, 1.165) is 11.1 Å². The van der Waals surface area contributed by atoms with E-state index in [-0.39, 0.29) is 11.8 Å². The van der Waals surface area contributed by atoms with Crippen LogP contribution in [0.1, 0.15) is 67.9 Å². The summed E-state index contributed by atoms with van der Waals surface area (Å²) in [6, 6.07) is 12.4. The Morgan fingerprint density at radius 2 is 1.55 bits per heavy atom. The van der Waals surface area contributed by atoms with E-state index < -0.39 is 18.5 Å². The number of benzene rings is 2. The summed E-state index contributed by atoms with van der Waals surface area (Å²) in [6.07, 6.45) is 0. The number of carbonyl (C=O) groups is 3. The van der Waals surface area contributed by atoms with Gasteiger partial charge < -0.3 is 15.4 Å². The van der Waals surface area contributed by atoms with Crippen molar-refractivity contribution in [1.82, 2.24) is 0 Å². The maximum Gasteiger partial charge on any atom is 0.338 e. The fourth-order valence-corrected chi connectivity index (χ4v) is 2.89. The van der Waals surface area contributed by atoms with Crippen LogP contribution in [0.4, 0.5) is 11.4 Å². The largest absolute Gasteiger partial charge is 0.452 e. The molecule has 0 atom stereocenters. The molecule has 0 aromatic heterocycles. The van der Waals surface area contributed by atoms with Gasteiger partial charge in [0.15, 0.2) is 6.61 Å². The quantitative estimate of drug-likeness (QED) is 0.665. The van der Waals surface area contributed by atoms with Crippen molar-refractivity contribution < 1.29 is 19.1 Å². The number of esters is 1. The summed E-state index contributed by atoms with van der Waals surface area (Å²) < 4.78 is 5.23. The Bertz CT molecular complexity index is 904. The molecule has 2 aromatic rings. The molecule has 0 radical (unpaired) electrons. The van der Waals surface area contributed by atoms with Crippen molar-refractivity contribution >= 4 is 29.2 Å². The zero-order valence-corrected chi connectivity index (χ0v) is 17.5. The second-order valence-electron chi connectivity index (χ2n) is 7.54. The van der Waals surface area contributed by atoms with Gasteiger partial charge in [-0.2, -0.15) is 0 Å². The first kappa shape index (κ1) is 22.1. The van der Waals surface area contributed by atoms with E-state index in [1.54, 1.807) is 30.3 Å². The number of hydrogen-bond acceptors (Lipinski definition) is 4. The van der Waals surface area contributed by atoms with Crippen LogP contribution in [-0.2, 0) is 14.3 Å². The summed E-state index contributed by atoms with van der Waals surface area (Å²) in [4.78, 5) is 35.8. The van der Waals surface area contributed by atoms with Gasteiger partial charge in [-0.05, 0) is 47.2 Å². The molecule has 0 saturated heterocycles. The highest BCUT2D eigenvalue weighted by molar-refractivity contribution is 5.97. The molecular weight excluding hydrogens is 368 g/mol. The predicted molar refractivity (Wildman–Crippen MR) is 114 cm³/mol. The lowest BCUT2D eigenvalue weighted by Gasteiger charge is -2.15. The number of ether oxygens (including phenoxy) is 1. The van der Waals surface area contributed by atoms with Crippen LogP contribution < -0.4 is 10.6 Å². The number of nitrogens with one attached hydrogen (secondary N) is 2. The highest BCUT2D eigenvalue weighted by Gasteiger charge is 2.18. The van der Waals surface area contributed by atoms with Crippen LogP contribution in [0.25, 0.3) is 0 Å². The molecule has 2 rings (SSSR count). The van der Waals surface area contributed by atoms with Crippen LogP contribution in [0, 0.1) is 0 Å². The third kappa shape index (κ3) is 6.45. The topological polar surface area (TPSA) is 84.5 Å². The molecule has 0 aliphatic carbocycles. The second kappa shape index (κ2) is 9.87. The normalized spacial score (nSPS) is 10.7. The van der Waals surface area contributed by atoms with Crippen molar-refractivity contribution in [2.45, 2.75) is 46.5 Å². The first-order chi connectivity index (χ1) is 13.7. The van der Waals surface area contributed by atoms with E-state index in [9.17, 15) is 14.4 Å². The maximum atomic E-state index is 12.5. The highest BCUT2D eigenvalue weighted by atomic mass is 16.5. The van der Waals surface area contributed by atoms with Crippen LogP contribution in [0.15, 0.2) is 42.5 Å². The third-order valence-corrected chi connectivity index (χ3v) is 4.39. The number of carbonyl (C=O) groups excluding carboxylic acids is 3. The van der Waals surface area contributed by atoms with Gasteiger partial charge in [-0.3, -0.25) is 9.59 Å². The molecule has 0 saturated carbocycles. The molecule has 0 spiro atoms. The molecule has 6 heteroatoms. The molecule has 6 nitrogen and oxygen atoms in total. The number of amides is 2. The molecule has 0 unspecified atom stereocenters. The smallest absolute Gasteiger partial charge is 0.338 e. The Kier molecular flexibility index (Phi) is 7.53. The van der Waals surface area contributed by atoms with Crippen molar-refractivity contribution in [3.05, 3.63) is 59.2 Å². The van der Waals surface area contributed by atoms with Gasteiger partial charge in [0.2, 0.25) is 5.91 Å². The molecule has 0 aliphatic rings. The molecule has 0 bridgehead atoms. The summed E-state index contributed by atoms with van der Waals surface area (Å²) in [5.74, 6) is -0.667. The first-order valence-corrected chi connectivity index (χ1v) is 9.65. The Labute approximate surface area is 171 Å². The number of anilines is 2. The summed E-state index contributed by atoms with van der Waals surface area (Å²) in [7, 11) is 0. The van der Waals surface area contributed by atoms with E-state index in [0.29, 0.717) is 22.9 Å². The van der Waals surface area contributed by atoms with E-state index in [1.165, 1.54) is 6.92 Å². The third-order valence-electron chi connectivity index (χ3n) is 4.39. The Morgan fingerprint density at radius 3 is 2.14 bits per heavy atom. The zero-order valence-electron chi connectivity index (χ0n) is 17.5. The van der Waals surface area contributed by atoms with Crippen molar-refractivity contribution in [3.63, 3.8) is 0 Å². The lowest BCUT2D eigenvalue weighted by atomic mass is 9.91. The average molecular weight is 396 g/mol. The summed E-state index contributed by atoms with van der Waals surface area (Å²) in [5, 5.41) is 5.30. The van der Waals surface area contributed by atoms with Crippen molar-refractivity contribution in [2.75, 3.05) is 17.2 Å². The second-order valence-corrected chi connectivity index (χ2v) is 7.54. The van der Waals surface area contributed by atoms with Crippen LogP contribution >= 0.6 is 0 Å². The fourth-order valence-electron chi connectivity index (χ4n) is 2.89. The molecule has 0 heterocycles. The maximum absolute atomic E-state index is 12.5. The molecule has 2 aromatic carbocycles. The van der Waals surface area contributed by atoms with E-state index >= 15 is 0 Å². The monoisotopic (exact) mass is 396 g/mol. The fraction of sp³-hybridized carbons (Fsp3) is 0.348. The van der Waals surface area contributed by atoms with Crippen LogP contribution in [0.5, 0.6) is 0 Å². The minimum Gasteiger partial charge on any atom is -0.452 e. The average Bonchev–Trinajstić information content (AvgIpc) is 2.65. The number of hydrogen-bond donors (Lipinski definition) is 2. The lowest BCUT2D eigenvalue weighted by molar-refractivity contribution is -0.119. The van der Waals surface area contributed by atoms with Gasteiger partial charge in [0.1, 0.15) is 0 Å². The van der Waals surface area contributed by atoms with Gasteiger partial charge in [0, 0.05) is 18.3 Å². The van der Waals surface area contributed by atoms with Gasteiger partial charge in [-0.25, -0.2) is 4.79 Å². The van der Waals surface area contributed by atoms with Crippen LogP contribution in [-0.4, -0.2) is 24.4 Å². The van der Waals surface area contributed by atoms with Gasteiger partial charge >= 0.3 is 5.97 Å². The Morgan fingerprint density at radius 1 is 0.897 bits per heavy atom. The molecule has 0 fully saturated rings. The molecular formula is C23H28N2O4. The first-order valence-electron chi connectivity index (χ1n) is 9.65. The SMILES string of the molecule is CC(=O)Nc1cccc(NC(=O)COC(=O)c2ccc(C(C)C)cc2C(C)C)c1. The molecule has 2 N–H and O–H groups in total. The van der Waals surface area contributed by atoms with E-state index in [1.807, 2.05) is 26.0 Å². The van der Waals surface area contributed by atoms with E-state index in [2.05, 4.69) is 24.5 Å².